The second-order valence-corrected chi connectivity index (χ2v) is 3.95. The van der Waals surface area contributed by atoms with Gasteiger partial charge in [-0.05, 0) is 18.4 Å². The molecule has 0 bridgehead atoms. The van der Waals surface area contributed by atoms with Crippen LogP contribution in [-0.4, -0.2) is 17.8 Å². The molecule has 2 nitrogen and oxygen atoms in total. The molecule has 1 heterocycles. The van der Waals surface area contributed by atoms with Gasteiger partial charge in [-0.15, -0.1) is 0 Å². The largest absolute Gasteiger partial charge is 0.395 e. The zero-order valence-corrected chi connectivity index (χ0v) is 8.76. The quantitative estimate of drug-likeness (QED) is 0.721. The van der Waals surface area contributed by atoms with Crippen molar-refractivity contribution >= 4 is 0 Å². The monoisotopic (exact) mass is 203 g/mol. The summed E-state index contributed by atoms with van der Waals surface area (Å²) in [4.78, 5) is 0. The van der Waals surface area contributed by atoms with Crippen LogP contribution in [0.1, 0.15) is 24.4 Å². The Labute approximate surface area is 90.6 Å². The summed E-state index contributed by atoms with van der Waals surface area (Å²) in [5, 5.41) is 12.7. The lowest BCUT2D eigenvalue weighted by Crippen LogP contribution is -2.34. The summed E-state index contributed by atoms with van der Waals surface area (Å²) in [6.45, 7) is 0.202. The number of hydrogen-bond donors (Lipinski definition) is 2. The SMILES string of the molecule is OC[C@H]1CC=CC[C@H](c2ccccc2)N1. The Hall–Kier alpha value is -1.12. The van der Waals surface area contributed by atoms with Crippen molar-refractivity contribution in [1.29, 1.82) is 0 Å². The Morgan fingerprint density at radius 3 is 2.60 bits per heavy atom. The first kappa shape index (κ1) is 10.4. The van der Waals surface area contributed by atoms with E-state index in [9.17, 15) is 5.11 Å². The van der Waals surface area contributed by atoms with Crippen LogP contribution in [0.15, 0.2) is 42.5 Å². The summed E-state index contributed by atoms with van der Waals surface area (Å²) in [6.07, 6.45) is 6.26. The number of nitrogens with one attached hydrogen (secondary N) is 1. The van der Waals surface area contributed by atoms with E-state index in [0.717, 1.165) is 12.8 Å². The Bertz CT molecular complexity index is 321. The van der Waals surface area contributed by atoms with Crippen molar-refractivity contribution in [1.82, 2.24) is 5.32 Å². The summed E-state index contributed by atoms with van der Waals surface area (Å²) >= 11 is 0. The van der Waals surface area contributed by atoms with E-state index in [1.54, 1.807) is 0 Å². The normalized spacial score (nSPS) is 26.2. The van der Waals surface area contributed by atoms with Gasteiger partial charge in [0.2, 0.25) is 0 Å². The topological polar surface area (TPSA) is 32.3 Å². The number of aliphatic hydroxyl groups excluding tert-OH is 1. The number of benzene rings is 1. The van der Waals surface area contributed by atoms with Crippen LogP contribution in [-0.2, 0) is 0 Å². The first-order valence-corrected chi connectivity index (χ1v) is 5.47. The number of rotatable bonds is 2. The lowest BCUT2D eigenvalue weighted by molar-refractivity contribution is 0.234. The van der Waals surface area contributed by atoms with Gasteiger partial charge in [-0.2, -0.15) is 0 Å². The van der Waals surface area contributed by atoms with E-state index in [-0.39, 0.29) is 12.6 Å². The molecule has 0 amide bonds. The van der Waals surface area contributed by atoms with Crippen LogP contribution in [0.2, 0.25) is 0 Å². The van der Waals surface area contributed by atoms with Crippen LogP contribution in [0.25, 0.3) is 0 Å². The minimum atomic E-state index is 0.189. The summed E-state index contributed by atoms with van der Waals surface area (Å²) in [7, 11) is 0. The highest BCUT2D eigenvalue weighted by Gasteiger charge is 2.16. The van der Waals surface area contributed by atoms with Crippen molar-refractivity contribution in [2.75, 3.05) is 6.61 Å². The van der Waals surface area contributed by atoms with Gasteiger partial charge in [0.05, 0.1) is 6.61 Å². The van der Waals surface area contributed by atoms with E-state index in [4.69, 9.17) is 0 Å². The number of hydrogen-bond acceptors (Lipinski definition) is 2. The van der Waals surface area contributed by atoms with E-state index in [2.05, 4.69) is 41.7 Å². The molecule has 2 heteroatoms. The van der Waals surface area contributed by atoms with Crippen LogP contribution in [0, 0.1) is 0 Å². The fraction of sp³-hybridized carbons (Fsp3) is 0.385. The third kappa shape index (κ3) is 2.67. The van der Waals surface area contributed by atoms with Crippen LogP contribution in [0.3, 0.4) is 0 Å². The molecule has 0 saturated carbocycles. The number of aliphatic hydroxyl groups is 1. The van der Waals surface area contributed by atoms with E-state index in [0.29, 0.717) is 6.04 Å². The van der Waals surface area contributed by atoms with Crippen molar-refractivity contribution < 1.29 is 5.11 Å². The summed E-state index contributed by atoms with van der Waals surface area (Å²) < 4.78 is 0. The van der Waals surface area contributed by atoms with Gasteiger partial charge in [-0.25, -0.2) is 0 Å². The smallest absolute Gasteiger partial charge is 0.0587 e. The predicted octanol–water partition coefficient (Wildman–Crippen LogP) is 2.03. The third-order valence-corrected chi connectivity index (χ3v) is 2.82. The maximum absolute atomic E-state index is 9.18. The second kappa shape index (κ2) is 5.10. The van der Waals surface area contributed by atoms with E-state index in [1.165, 1.54) is 5.56 Å². The highest BCUT2D eigenvalue weighted by molar-refractivity contribution is 5.20. The Morgan fingerprint density at radius 2 is 1.87 bits per heavy atom. The molecule has 0 unspecified atom stereocenters. The first-order chi connectivity index (χ1) is 7.40. The molecule has 0 aliphatic carbocycles. The van der Waals surface area contributed by atoms with Gasteiger partial charge in [0.1, 0.15) is 0 Å². The van der Waals surface area contributed by atoms with Crippen molar-refractivity contribution in [2.45, 2.75) is 24.9 Å². The minimum absolute atomic E-state index is 0.189. The molecular weight excluding hydrogens is 186 g/mol. The highest BCUT2D eigenvalue weighted by Crippen LogP contribution is 2.20. The zero-order valence-electron chi connectivity index (χ0n) is 8.76. The molecule has 0 spiro atoms. The molecule has 80 valence electrons. The van der Waals surface area contributed by atoms with Crippen LogP contribution in [0.4, 0.5) is 0 Å². The first-order valence-electron chi connectivity index (χ1n) is 5.47. The lowest BCUT2D eigenvalue weighted by Gasteiger charge is -2.21. The molecule has 0 radical (unpaired) electrons. The van der Waals surface area contributed by atoms with Gasteiger partial charge in [-0.3, -0.25) is 0 Å². The van der Waals surface area contributed by atoms with Gasteiger partial charge in [0.25, 0.3) is 0 Å². The van der Waals surface area contributed by atoms with Crippen LogP contribution in [0.5, 0.6) is 0 Å². The fourth-order valence-corrected chi connectivity index (χ4v) is 1.96. The van der Waals surface area contributed by atoms with Gasteiger partial charge in [-0.1, -0.05) is 42.5 Å². The average Bonchev–Trinajstić information content (AvgIpc) is 2.55. The van der Waals surface area contributed by atoms with Gasteiger partial charge < -0.3 is 10.4 Å². The maximum atomic E-state index is 9.18. The van der Waals surface area contributed by atoms with Gasteiger partial charge in [0.15, 0.2) is 0 Å². The Balaban J connectivity index is 2.12. The minimum Gasteiger partial charge on any atom is -0.395 e. The van der Waals surface area contributed by atoms with E-state index >= 15 is 0 Å². The van der Waals surface area contributed by atoms with Crippen molar-refractivity contribution in [3.05, 3.63) is 48.0 Å². The second-order valence-electron chi connectivity index (χ2n) is 3.95. The van der Waals surface area contributed by atoms with Crippen LogP contribution < -0.4 is 5.32 Å². The lowest BCUT2D eigenvalue weighted by atomic mass is 10.0. The molecule has 1 aliphatic rings. The van der Waals surface area contributed by atoms with Crippen molar-refractivity contribution in [3.63, 3.8) is 0 Å². The molecule has 15 heavy (non-hydrogen) atoms. The molecule has 0 aromatic heterocycles. The van der Waals surface area contributed by atoms with Crippen LogP contribution >= 0.6 is 0 Å². The van der Waals surface area contributed by atoms with E-state index < -0.39 is 0 Å². The fourth-order valence-electron chi connectivity index (χ4n) is 1.96. The third-order valence-electron chi connectivity index (χ3n) is 2.82. The van der Waals surface area contributed by atoms with Crippen molar-refractivity contribution in [3.8, 4) is 0 Å². The zero-order chi connectivity index (χ0) is 10.5. The molecule has 2 rings (SSSR count). The summed E-state index contributed by atoms with van der Waals surface area (Å²) in [5.41, 5.74) is 1.29. The highest BCUT2D eigenvalue weighted by atomic mass is 16.3. The van der Waals surface area contributed by atoms with Gasteiger partial charge >= 0.3 is 0 Å². The standard InChI is InChI=1S/C13H17NO/c15-10-12-8-4-5-9-13(14-12)11-6-2-1-3-7-11/h1-7,12-15H,8-10H2/t12-,13-/m1/s1. The molecular formula is C13H17NO. The molecule has 1 aromatic rings. The molecule has 1 aromatic carbocycles. The molecule has 1 aliphatic heterocycles. The van der Waals surface area contributed by atoms with Gasteiger partial charge in [0, 0.05) is 12.1 Å². The summed E-state index contributed by atoms with van der Waals surface area (Å²) in [6, 6.07) is 10.9. The molecule has 0 fully saturated rings. The Kier molecular flexibility index (Phi) is 3.54. The predicted molar refractivity (Wildman–Crippen MR) is 61.6 cm³/mol. The summed E-state index contributed by atoms with van der Waals surface area (Å²) in [5.74, 6) is 0. The van der Waals surface area contributed by atoms with E-state index in [1.807, 2.05) is 6.07 Å². The maximum Gasteiger partial charge on any atom is 0.0587 e. The van der Waals surface area contributed by atoms with Crippen molar-refractivity contribution in [2.24, 2.45) is 0 Å². The Morgan fingerprint density at radius 1 is 1.13 bits per heavy atom. The molecule has 0 saturated heterocycles. The molecule has 2 atom stereocenters. The average molecular weight is 203 g/mol. The molecule has 2 N–H and O–H groups in total.